The van der Waals surface area contributed by atoms with Crippen molar-refractivity contribution in [2.75, 3.05) is 13.2 Å². The van der Waals surface area contributed by atoms with Crippen LogP contribution < -0.4 is 0 Å². The molecule has 1 unspecified atom stereocenters. The molecule has 0 spiro atoms. The Balaban J connectivity index is 4.31. The first-order chi connectivity index (χ1) is 22.4. The lowest BCUT2D eigenvalue weighted by Crippen LogP contribution is -2.30. The minimum Gasteiger partial charge on any atom is -0.462 e. The van der Waals surface area contributed by atoms with Crippen molar-refractivity contribution in [2.24, 2.45) is 5.92 Å². The van der Waals surface area contributed by atoms with Crippen LogP contribution in [0.15, 0.2) is 0 Å². The minimum atomic E-state index is -0.756. The van der Waals surface area contributed by atoms with Crippen molar-refractivity contribution < 1.29 is 28.6 Å². The molecule has 0 aromatic heterocycles. The van der Waals surface area contributed by atoms with Gasteiger partial charge in [-0.1, -0.05) is 175 Å². The first kappa shape index (κ1) is 44.4. The topological polar surface area (TPSA) is 78.9 Å². The van der Waals surface area contributed by atoms with Gasteiger partial charge in [0.05, 0.1) is 0 Å². The molecular formula is C40H76O6. The Morgan fingerprint density at radius 3 is 1.13 bits per heavy atom. The molecule has 0 aliphatic rings. The molecule has 0 fully saturated rings. The van der Waals surface area contributed by atoms with Crippen LogP contribution in [0.4, 0.5) is 0 Å². The molecule has 0 amide bonds. The fourth-order valence-corrected chi connectivity index (χ4v) is 5.71. The number of esters is 3. The Morgan fingerprint density at radius 1 is 0.435 bits per heavy atom. The number of unbranched alkanes of at least 4 members (excludes halogenated alkanes) is 21. The Hall–Kier alpha value is -1.59. The fourth-order valence-electron chi connectivity index (χ4n) is 5.71. The summed E-state index contributed by atoms with van der Waals surface area (Å²) in [6.07, 6.45) is 30.9. The molecule has 0 aliphatic carbocycles. The molecule has 0 aliphatic heterocycles. The van der Waals surface area contributed by atoms with Gasteiger partial charge in [-0.25, -0.2) is 0 Å². The molecule has 0 radical (unpaired) electrons. The van der Waals surface area contributed by atoms with Crippen molar-refractivity contribution in [3.05, 3.63) is 0 Å². The molecule has 2 atom stereocenters. The summed E-state index contributed by atoms with van der Waals surface area (Å²) in [5, 5.41) is 0. The van der Waals surface area contributed by atoms with Crippen LogP contribution in [0.3, 0.4) is 0 Å². The third-order valence-electron chi connectivity index (χ3n) is 9.15. The second-order valence-electron chi connectivity index (χ2n) is 13.8. The second-order valence-corrected chi connectivity index (χ2v) is 13.8. The zero-order valence-corrected chi connectivity index (χ0v) is 31.0. The van der Waals surface area contributed by atoms with E-state index in [-0.39, 0.29) is 31.1 Å². The predicted molar refractivity (Wildman–Crippen MR) is 192 cm³/mol. The SMILES string of the molecule is CCCCCCCCCCCC(=O)OC[C@H](COC(=O)CCCCCCCCCCC(C)CC)OC(=O)CCCCCCCCC. The van der Waals surface area contributed by atoms with Gasteiger partial charge in [0, 0.05) is 19.3 Å². The quantitative estimate of drug-likeness (QED) is 0.0385. The van der Waals surface area contributed by atoms with Crippen molar-refractivity contribution in [1.82, 2.24) is 0 Å². The maximum atomic E-state index is 12.5. The molecule has 6 nitrogen and oxygen atoms in total. The van der Waals surface area contributed by atoms with Gasteiger partial charge in [0.25, 0.3) is 0 Å². The highest BCUT2D eigenvalue weighted by molar-refractivity contribution is 5.71. The molecule has 0 saturated heterocycles. The van der Waals surface area contributed by atoms with E-state index in [1.54, 1.807) is 0 Å². The van der Waals surface area contributed by atoms with Crippen LogP contribution in [-0.2, 0) is 28.6 Å². The van der Waals surface area contributed by atoms with Gasteiger partial charge in [0.15, 0.2) is 6.10 Å². The van der Waals surface area contributed by atoms with Gasteiger partial charge in [0.2, 0.25) is 0 Å². The van der Waals surface area contributed by atoms with Crippen LogP contribution in [0.5, 0.6) is 0 Å². The molecule has 0 rings (SSSR count). The van der Waals surface area contributed by atoms with E-state index in [1.165, 1.54) is 109 Å². The summed E-state index contributed by atoms with van der Waals surface area (Å²) in [4.78, 5) is 37.3. The summed E-state index contributed by atoms with van der Waals surface area (Å²) in [5.41, 5.74) is 0. The van der Waals surface area contributed by atoms with Gasteiger partial charge in [-0.15, -0.1) is 0 Å². The molecular weight excluding hydrogens is 576 g/mol. The summed E-state index contributed by atoms with van der Waals surface area (Å²) in [6.45, 7) is 8.91. The van der Waals surface area contributed by atoms with E-state index in [2.05, 4.69) is 27.7 Å². The lowest BCUT2D eigenvalue weighted by Gasteiger charge is -2.18. The van der Waals surface area contributed by atoms with Crippen molar-refractivity contribution in [2.45, 2.75) is 220 Å². The minimum absolute atomic E-state index is 0.0658. The van der Waals surface area contributed by atoms with E-state index in [9.17, 15) is 14.4 Å². The zero-order valence-electron chi connectivity index (χ0n) is 31.0. The molecule has 6 heteroatoms. The van der Waals surface area contributed by atoms with Crippen LogP contribution in [0.2, 0.25) is 0 Å². The lowest BCUT2D eigenvalue weighted by atomic mass is 9.99. The molecule has 0 N–H and O–H groups in total. The van der Waals surface area contributed by atoms with Gasteiger partial charge in [-0.2, -0.15) is 0 Å². The molecule has 0 aromatic carbocycles. The molecule has 272 valence electrons. The van der Waals surface area contributed by atoms with Crippen LogP contribution in [0.1, 0.15) is 214 Å². The Labute approximate surface area is 285 Å². The number of carbonyl (C=O) groups is 3. The molecule has 0 bridgehead atoms. The highest BCUT2D eigenvalue weighted by Gasteiger charge is 2.19. The van der Waals surface area contributed by atoms with E-state index < -0.39 is 6.10 Å². The summed E-state index contributed by atoms with van der Waals surface area (Å²) < 4.78 is 16.5. The van der Waals surface area contributed by atoms with Crippen LogP contribution in [0, 0.1) is 5.92 Å². The van der Waals surface area contributed by atoms with Crippen molar-refractivity contribution in [3.63, 3.8) is 0 Å². The van der Waals surface area contributed by atoms with Crippen LogP contribution >= 0.6 is 0 Å². The normalized spacial score (nSPS) is 12.5. The van der Waals surface area contributed by atoms with Gasteiger partial charge < -0.3 is 14.2 Å². The number of carbonyl (C=O) groups excluding carboxylic acids is 3. The first-order valence-corrected chi connectivity index (χ1v) is 19.9. The van der Waals surface area contributed by atoms with E-state index in [0.717, 1.165) is 63.7 Å². The molecule has 0 aromatic rings. The number of hydrogen-bond acceptors (Lipinski definition) is 6. The van der Waals surface area contributed by atoms with Gasteiger partial charge in [0.1, 0.15) is 13.2 Å². The molecule has 0 saturated carbocycles. The highest BCUT2D eigenvalue weighted by Crippen LogP contribution is 2.16. The summed E-state index contributed by atoms with van der Waals surface area (Å²) in [6, 6.07) is 0. The van der Waals surface area contributed by atoms with E-state index in [0.29, 0.717) is 19.3 Å². The number of hydrogen-bond donors (Lipinski definition) is 0. The molecule has 0 heterocycles. The van der Waals surface area contributed by atoms with Crippen LogP contribution in [0.25, 0.3) is 0 Å². The monoisotopic (exact) mass is 653 g/mol. The van der Waals surface area contributed by atoms with Gasteiger partial charge in [-0.05, 0) is 25.2 Å². The Kier molecular flexibility index (Phi) is 33.5. The van der Waals surface area contributed by atoms with Crippen LogP contribution in [-0.4, -0.2) is 37.2 Å². The van der Waals surface area contributed by atoms with E-state index in [1.807, 2.05) is 0 Å². The maximum Gasteiger partial charge on any atom is 0.306 e. The van der Waals surface area contributed by atoms with Gasteiger partial charge >= 0.3 is 17.9 Å². The lowest BCUT2D eigenvalue weighted by molar-refractivity contribution is -0.167. The first-order valence-electron chi connectivity index (χ1n) is 19.9. The summed E-state index contributed by atoms with van der Waals surface area (Å²) >= 11 is 0. The Morgan fingerprint density at radius 2 is 0.761 bits per heavy atom. The predicted octanol–water partition coefficient (Wildman–Crippen LogP) is 12.0. The number of ether oxygens (including phenoxy) is 3. The van der Waals surface area contributed by atoms with Crippen molar-refractivity contribution >= 4 is 17.9 Å². The van der Waals surface area contributed by atoms with Crippen molar-refractivity contribution in [1.29, 1.82) is 0 Å². The largest absolute Gasteiger partial charge is 0.462 e. The van der Waals surface area contributed by atoms with Crippen molar-refractivity contribution in [3.8, 4) is 0 Å². The third-order valence-corrected chi connectivity index (χ3v) is 9.15. The number of rotatable bonds is 35. The summed E-state index contributed by atoms with van der Waals surface area (Å²) in [7, 11) is 0. The Bertz CT molecular complexity index is 693. The van der Waals surface area contributed by atoms with E-state index in [4.69, 9.17) is 14.2 Å². The third kappa shape index (κ3) is 32.4. The average Bonchev–Trinajstić information content (AvgIpc) is 3.05. The summed E-state index contributed by atoms with van der Waals surface area (Å²) in [5.74, 6) is -0.0250. The van der Waals surface area contributed by atoms with E-state index >= 15 is 0 Å². The smallest absolute Gasteiger partial charge is 0.306 e. The zero-order chi connectivity index (χ0) is 33.9. The average molecular weight is 653 g/mol. The molecule has 46 heavy (non-hydrogen) atoms. The fraction of sp³-hybridized carbons (Fsp3) is 0.925. The van der Waals surface area contributed by atoms with Gasteiger partial charge in [-0.3, -0.25) is 14.4 Å². The second kappa shape index (κ2) is 34.7. The highest BCUT2D eigenvalue weighted by atomic mass is 16.6. The standard InChI is InChI=1S/C40H76O6/c1-5-8-10-12-14-15-20-23-27-31-38(41)44-34-37(46-40(43)33-29-25-18-13-11-9-6-2)35-45-39(42)32-28-24-21-17-16-19-22-26-30-36(4)7-3/h36-37H,5-35H2,1-4H3/t36?,37-/m1/s1. The maximum absolute atomic E-state index is 12.5.